The SMILES string of the molecule is C.C=CCC(C(=O)OC)(C(F)(F)F)C(F)(F)F.C=CCC(C(F)(F)F)(C(F)(F)F)C(OC)(O[Si](C)(C)C)C(F)(F)F.C=CCC(C)(C(F)(F)F)C(C=C)(OC)C(F)(F)F.C=CCOC(=O)OC.C=Cc1ccccc1.CC.CCl.COC1(C(F)(F)F)C=CCC1(C(F)(F)F)C(F)(F)F.C[Si](C)(C)C(F)(F)F.OC1(C(F)(F)F)C=CCC1(C(F)(F)F)C(F)(F)F.[Br-].[CH-]=C.[F-].[H+].[K+].[Mg+2]. The van der Waals surface area contributed by atoms with Crippen LogP contribution in [-0.4, -0.2) is 214 Å². The summed E-state index contributed by atoms with van der Waals surface area (Å²) in [5.74, 6) is -11.3. The van der Waals surface area contributed by atoms with Crippen molar-refractivity contribution in [1.29, 1.82) is 0 Å². The topological polar surface area (TPSA) is 119 Å². The molecule has 762 valence electrons. The predicted octanol–water partition coefficient (Wildman–Crippen LogP) is 19.5. The van der Waals surface area contributed by atoms with Crippen molar-refractivity contribution in [3.05, 3.63) is 143 Å². The number of hydrogen-bond donors (Lipinski definition) is 1. The van der Waals surface area contributed by atoms with E-state index in [4.69, 9.17) is 5.11 Å². The van der Waals surface area contributed by atoms with Crippen molar-refractivity contribution in [2.24, 2.45) is 27.1 Å². The molecule has 0 saturated heterocycles. The van der Waals surface area contributed by atoms with Crippen LogP contribution in [0.4, 0.5) is 189 Å². The van der Waals surface area contributed by atoms with Gasteiger partial charge in [0.15, 0.2) is 22.0 Å². The maximum absolute atomic E-state index is 13.5. The summed E-state index contributed by atoms with van der Waals surface area (Å²) in [6, 6.07) is 10.0. The van der Waals surface area contributed by atoms with Gasteiger partial charge >= 0.3 is 174 Å². The quantitative estimate of drug-likeness (QED) is 0.0289. The first-order valence-electron chi connectivity index (χ1n) is 33.0. The number of methoxy groups -OCH3 is 5. The second-order valence-corrected chi connectivity index (χ2v) is 35.4. The number of carbonyl (C=O) groups excluding carboxylic acids is 2. The van der Waals surface area contributed by atoms with Crippen molar-refractivity contribution < 1.29 is 306 Å². The summed E-state index contributed by atoms with van der Waals surface area (Å²) in [6.07, 6.45) is -81.5. The monoisotopic (exact) mass is 2160 g/mol. The van der Waals surface area contributed by atoms with Crippen molar-refractivity contribution >= 4 is 69.2 Å². The summed E-state index contributed by atoms with van der Waals surface area (Å²) >= 11 is 4.64. The van der Waals surface area contributed by atoms with Gasteiger partial charge in [0.25, 0.3) is 11.2 Å². The van der Waals surface area contributed by atoms with E-state index >= 15 is 0 Å². The Bertz CT molecular complexity index is 3410. The van der Waals surface area contributed by atoms with E-state index in [0.29, 0.717) is 27.2 Å². The number of alkyl halides is 43. The summed E-state index contributed by atoms with van der Waals surface area (Å²) in [7, 11) is -3.91. The molecule has 3 rings (SSSR count). The van der Waals surface area contributed by atoms with Gasteiger partial charge in [0.2, 0.25) is 27.4 Å². The Labute approximate surface area is 797 Å². The Balaban J connectivity index is -0.000000100. The summed E-state index contributed by atoms with van der Waals surface area (Å²) in [6.45, 7) is 36.9. The van der Waals surface area contributed by atoms with Gasteiger partial charge < -0.3 is 66.2 Å². The van der Waals surface area contributed by atoms with Gasteiger partial charge in [0.05, 0.1) is 14.2 Å². The average Bonchev–Trinajstić information content (AvgIpc) is 1.51. The first kappa shape index (κ1) is 154. The molecule has 0 bridgehead atoms. The summed E-state index contributed by atoms with van der Waals surface area (Å²) in [5.41, 5.74) is -35.3. The van der Waals surface area contributed by atoms with Gasteiger partial charge in [0.1, 0.15) is 12.0 Å². The molecule has 0 saturated carbocycles. The number of aliphatic hydroxyl groups is 1. The third-order valence-electron chi connectivity index (χ3n) is 16.4. The summed E-state index contributed by atoms with van der Waals surface area (Å²) in [4.78, 5) is 20.9. The van der Waals surface area contributed by atoms with E-state index in [1.54, 1.807) is 0 Å². The molecule has 5 atom stereocenters. The zero-order valence-corrected chi connectivity index (χ0v) is 79.1. The smallest absolute Gasteiger partial charge is 1.00 e. The van der Waals surface area contributed by atoms with Gasteiger partial charge in [0, 0.05) is 27.7 Å². The molecule has 0 heterocycles. The number of allylic oxidation sites excluding steroid dienone is 5. The van der Waals surface area contributed by atoms with Crippen LogP contribution in [0, 0.1) is 33.7 Å². The molecule has 0 amide bonds. The molecule has 1 aromatic carbocycles. The van der Waals surface area contributed by atoms with Gasteiger partial charge in [-0.15, -0.1) is 31.3 Å². The van der Waals surface area contributed by atoms with Crippen LogP contribution < -0.4 is 73.1 Å². The van der Waals surface area contributed by atoms with Crippen molar-refractivity contribution in [1.82, 2.24) is 0 Å². The zero-order valence-electron chi connectivity index (χ0n) is 71.3. The molecule has 2 aliphatic carbocycles. The summed E-state index contributed by atoms with van der Waals surface area (Å²) < 4.78 is 564. The average molecular weight is 2160 g/mol. The second kappa shape index (κ2) is 57.4. The molecule has 0 radical (unpaired) electrons. The number of benzene rings is 1. The minimum absolute atomic E-state index is 0. The fourth-order valence-electron chi connectivity index (χ4n) is 10.1. The number of rotatable bonds is 18. The number of hydrogen-bond acceptors (Lipinski definition) is 10. The van der Waals surface area contributed by atoms with E-state index in [1.165, 1.54) is 44.8 Å². The maximum Gasteiger partial charge on any atom is 2.00 e. The van der Waals surface area contributed by atoms with Crippen molar-refractivity contribution in [3.8, 4) is 0 Å². The molecule has 59 heteroatoms. The van der Waals surface area contributed by atoms with Gasteiger partial charge in [-0.1, -0.05) is 140 Å². The molecule has 0 spiro atoms. The van der Waals surface area contributed by atoms with Crippen molar-refractivity contribution in [3.63, 3.8) is 0 Å². The molecular weight excluding hydrogens is 2060 g/mol. The Hall–Kier alpha value is -3.98. The van der Waals surface area contributed by atoms with Crippen LogP contribution in [-0.2, 0) is 37.6 Å². The van der Waals surface area contributed by atoms with Gasteiger partial charge in [-0.2, -0.15) is 184 Å². The largest absolute Gasteiger partial charge is 2.00 e. The summed E-state index contributed by atoms with van der Waals surface area (Å²) in [5, 5.41) is 8.96. The van der Waals surface area contributed by atoms with Crippen LogP contribution in [0.25, 0.3) is 6.08 Å². The van der Waals surface area contributed by atoms with Gasteiger partial charge in [-0.05, 0) is 76.4 Å². The van der Waals surface area contributed by atoms with Crippen LogP contribution in [0.5, 0.6) is 0 Å². The molecule has 5 unspecified atom stereocenters. The standard InChI is InChI=1S/C12H17F9O2Si.C11H14F6O.C9H7F9O.C8H5F9O.C8H8F6O2.C8H8.C5H8O3.C4H9F3Si.C2H6.C2H3.CH3Cl.CH4.BrH.FH.K.Mg/c1-6-7-8(10(13,14)15,11(16,17)18)9(22-2,12(19,20)21)23-24(3,4)5;1-5-7-8(3,10(12,13)14)9(6-2,18-4)11(15,16)17;1-19-6(9(16,17)18)4-2-3-5(6,7(10,11)12)8(13,14)15;9-6(10,11)4(7(12,13)14)2-1-3-5(4,18)8(15,16)17;1-3-4-6(5(15)16-2,7(9,10)11)8(12,13)14;1-2-8-6-4-3-5-7-8;1-3-4-8-5(6)7-2;1-8(2,3)4(5,6)7;3*1-2;;;;;/h6H,1,7H2,2-5H3;5-6H,1-2,7H2,3-4H3;2,4H,3H2,1H3;1,3,18H,2H2;3H,1,4H2,2H3;2-7H,1H2;3H,1,4H2,2H3;1-3H3;1-2H3;1H,2H2;1H3;1H4;2*1H;;/q;;;;;;;;;-1;;;;;+1;+2/p-1. The van der Waals surface area contributed by atoms with Gasteiger partial charge in [-0.3, -0.25) is 11.4 Å². The normalized spacial score (nSPS) is 17.7. The molecule has 1 aromatic rings. The van der Waals surface area contributed by atoms with Crippen molar-refractivity contribution in [2.45, 2.75) is 208 Å². The van der Waals surface area contributed by atoms with E-state index in [-0.39, 0.29) is 156 Å². The Kier molecular flexibility index (Phi) is 68.1. The minimum atomic E-state index is -6.38. The van der Waals surface area contributed by atoms with Crippen molar-refractivity contribution in [2.75, 3.05) is 48.5 Å². The van der Waals surface area contributed by atoms with E-state index in [2.05, 4.69) is 97.1 Å². The molecule has 10 nitrogen and oxygen atoms in total. The second-order valence-electron chi connectivity index (χ2n) is 25.9. The van der Waals surface area contributed by atoms with Gasteiger partial charge in [-0.25, -0.2) is 4.79 Å². The van der Waals surface area contributed by atoms with E-state index in [1.807, 2.05) is 50.3 Å². The van der Waals surface area contributed by atoms with Crippen LogP contribution in [0.2, 0.25) is 39.3 Å². The van der Waals surface area contributed by atoms with E-state index < -0.39 is 202 Å². The number of carbonyl (C=O) groups is 2. The Morgan fingerprint density at radius 1 is 0.492 bits per heavy atom. The molecule has 1 N–H and O–H groups in total. The fraction of sp³-hybridized carbons (Fsp3) is 0.634. The molecule has 0 aromatic heterocycles. The first-order valence-corrected chi connectivity index (χ1v) is 40.6. The predicted molar refractivity (Wildman–Crippen MR) is 390 cm³/mol. The van der Waals surface area contributed by atoms with E-state index in [9.17, 15) is 194 Å². The Morgan fingerprint density at radius 3 is 1.02 bits per heavy atom. The number of esters is 1. The molecule has 130 heavy (non-hydrogen) atoms. The zero-order chi connectivity index (χ0) is 103. The Morgan fingerprint density at radius 2 is 0.831 bits per heavy atom. The first-order chi connectivity index (χ1) is 55.3. The minimum Gasteiger partial charge on any atom is -1.00 e. The number of ether oxygens (including phenoxy) is 6. The van der Waals surface area contributed by atoms with Crippen LogP contribution >= 0.6 is 11.6 Å². The number of halogens is 45. The third kappa shape index (κ3) is 36.1. The molecule has 0 aliphatic heterocycles. The maximum atomic E-state index is 13.5. The van der Waals surface area contributed by atoms with Crippen LogP contribution in [0.3, 0.4) is 0 Å². The molecular formula is C71H93BrClF43KMgO10Si2+. The fourth-order valence-corrected chi connectivity index (χ4v) is 11.3. The van der Waals surface area contributed by atoms with Crippen LogP contribution in [0.15, 0.2) is 131 Å². The van der Waals surface area contributed by atoms with Crippen LogP contribution in [0.1, 0.15) is 67.3 Å². The molecule has 2 aliphatic rings. The molecule has 0 fully saturated rings. The third-order valence-corrected chi connectivity index (χ3v) is 19.0. The van der Waals surface area contributed by atoms with E-state index in [0.717, 1.165) is 25.7 Å².